The van der Waals surface area contributed by atoms with Crippen LogP contribution in [0.25, 0.3) is 0 Å². The van der Waals surface area contributed by atoms with Crippen LogP contribution in [0.1, 0.15) is 24.2 Å². The molecule has 0 bridgehead atoms. The molecule has 0 aliphatic rings. The van der Waals surface area contributed by atoms with Gasteiger partial charge in [0.15, 0.2) is 18.1 Å². The summed E-state index contributed by atoms with van der Waals surface area (Å²) in [5.41, 5.74) is 5.48. The zero-order chi connectivity index (χ0) is 16.5. The Labute approximate surface area is 130 Å². The molecule has 2 amide bonds. The van der Waals surface area contributed by atoms with Crippen molar-refractivity contribution >= 4 is 11.8 Å². The van der Waals surface area contributed by atoms with Crippen LogP contribution in [-0.2, 0) is 4.79 Å². The fourth-order valence-electron chi connectivity index (χ4n) is 1.85. The van der Waals surface area contributed by atoms with Gasteiger partial charge in [-0.15, -0.1) is 0 Å². The minimum absolute atomic E-state index is 0.189. The molecular formula is C15H23N3O4. The van der Waals surface area contributed by atoms with E-state index in [1.165, 1.54) is 7.11 Å². The minimum atomic E-state index is -0.582. The van der Waals surface area contributed by atoms with Crippen molar-refractivity contribution in [1.82, 2.24) is 10.6 Å². The van der Waals surface area contributed by atoms with Crippen molar-refractivity contribution < 1.29 is 19.1 Å². The zero-order valence-corrected chi connectivity index (χ0v) is 13.1. The molecule has 1 aromatic carbocycles. The first-order chi connectivity index (χ1) is 10.5. The maximum absolute atomic E-state index is 12.1. The minimum Gasteiger partial charge on any atom is -0.493 e. The van der Waals surface area contributed by atoms with Gasteiger partial charge in [0.05, 0.1) is 7.11 Å². The monoisotopic (exact) mass is 309 g/mol. The van der Waals surface area contributed by atoms with E-state index < -0.39 is 5.91 Å². The molecule has 1 rings (SSSR count). The second-order valence-electron chi connectivity index (χ2n) is 4.79. The molecule has 0 saturated carbocycles. The fraction of sp³-hybridized carbons (Fsp3) is 0.467. The Morgan fingerprint density at radius 1 is 1.32 bits per heavy atom. The van der Waals surface area contributed by atoms with Gasteiger partial charge in [0, 0.05) is 18.2 Å². The number of nitrogens with one attached hydrogen (secondary N) is 2. The Kier molecular flexibility index (Phi) is 7.18. The van der Waals surface area contributed by atoms with Crippen LogP contribution in [0.15, 0.2) is 18.2 Å². The van der Waals surface area contributed by atoms with Crippen molar-refractivity contribution in [1.29, 1.82) is 0 Å². The predicted octanol–water partition coefficient (Wildman–Crippen LogP) is 0.287. The molecule has 0 heterocycles. The number of hydrogen-bond donors (Lipinski definition) is 3. The van der Waals surface area contributed by atoms with E-state index in [4.69, 9.17) is 15.2 Å². The zero-order valence-electron chi connectivity index (χ0n) is 13.1. The third kappa shape index (κ3) is 5.61. The lowest BCUT2D eigenvalue weighted by Crippen LogP contribution is -2.38. The standard InChI is InChI=1S/C15H23N3O4/c1-4-17-10(2)8-18-15(20)11-5-6-12(13(7-11)21-3)22-9-14(16)19/h5-7,10,17H,4,8-9H2,1-3H3,(H2,16,19)(H,18,20)/t10-/m1/s1. The molecule has 0 fully saturated rings. The Morgan fingerprint density at radius 2 is 2.05 bits per heavy atom. The van der Waals surface area contributed by atoms with Crippen molar-refractivity contribution in [3.63, 3.8) is 0 Å². The van der Waals surface area contributed by atoms with Crippen LogP contribution in [0, 0.1) is 0 Å². The largest absolute Gasteiger partial charge is 0.493 e. The number of rotatable bonds is 9. The van der Waals surface area contributed by atoms with E-state index in [-0.39, 0.29) is 18.6 Å². The number of ether oxygens (including phenoxy) is 2. The molecule has 4 N–H and O–H groups in total. The van der Waals surface area contributed by atoms with Crippen molar-refractivity contribution in [2.45, 2.75) is 19.9 Å². The molecule has 1 atom stereocenters. The molecule has 7 heteroatoms. The van der Waals surface area contributed by atoms with E-state index in [9.17, 15) is 9.59 Å². The molecule has 0 aliphatic heterocycles. The average molecular weight is 309 g/mol. The number of carbonyl (C=O) groups excluding carboxylic acids is 2. The molecule has 0 saturated heterocycles. The van der Waals surface area contributed by atoms with E-state index in [0.717, 1.165) is 6.54 Å². The van der Waals surface area contributed by atoms with Gasteiger partial charge in [0.1, 0.15) is 0 Å². The summed E-state index contributed by atoms with van der Waals surface area (Å²) in [6, 6.07) is 4.93. The number of amides is 2. The topological polar surface area (TPSA) is 103 Å². The first kappa shape index (κ1) is 17.8. The summed E-state index contributed by atoms with van der Waals surface area (Å²) in [5.74, 6) is -0.0571. The molecule has 0 spiro atoms. The van der Waals surface area contributed by atoms with Crippen LogP contribution < -0.4 is 25.8 Å². The molecule has 22 heavy (non-hydrogen) atoms. The van der Waals surface area contributed by atoms with E-state index in [0.29, 0.717) is 23.6 Å². The second kappa shape index (κ2) is 8.89. The molecule has 0 aliphatic carbocycles. The fourth-order valence-corrected chi connectivity index (χ4v) is 1.85. The van der Waals surface area contributed by atoms with Gasteiger partial charge in [-0.3, -0.25) is 9.59 Å². The summed E-state index contributed by atoms with van der Waals surface area (Å²) >= 11 is 0. The molecule has 0 radical (unpaired) electrons. The first-order valence-electron chi connectivity index (χ1n) is 7.08. The van der Waals surface area contributed by atoms with Gasteiger partial charge in [-0.1, -0.05) is 6.92 Å². The predicted molar refractivity (Wildman–Crippen MR) is 83.2 cm³/mol. The van der Waals surface area contributed by atoms with Gasteiger partial charge in [-0.05, 0) is 31.7 Å². The highest BCUT2D eigenvalue weighted by Gasteiger charge is 2.12. The van der Waals surface area contributed by atoms with Crippen LogP contribution in [0.2, 0.25) is 0 Å². The summed E-state index contributed by atoms with van der Waals surface area (Å²) in [7, 11) is 1.46. The number of nitrogens with two attached hydrogens (primary N) is 1. The SMILES string of the molecule is CCN[C@H](C)CNC(=O)c1ccc(OCC(N)=O)c(OC)c1. The summed E-state index contributed by atoms with van der Waals surface area (Å²) in [6.07, 6.45) is 0. The number of likely N-dealkylation sites (N-methyl/N-ethyl adjacent to an activating group) is 1. The lowest BCUT2D eigenvalue weighted by molar-refractivity contribution is -0.119. The maximum Gasteiger partial charge on any atom is 0.255 e. The summed E-state index contributed by atoms with van der Waals surface area (Å²) in [5, 5.41) is 6.04. The van der Waals surface area contributed by atoms with Crippen molar-refractivity contribution in [2.24, 2.45) is 5.73 Å². The Hall–Kier alpha value is -2.28. The van der Waals surface area contributed by atoms with Crippen LogP contribution >= 0.6 is 0 Å². The Bertz CT molecular complexity index is 520. The number of carbonyl (C=O) groups is 2. The summed E-state index contributed by atoms with van der Waals surface area (Å²) < 4.78 is 10.4. The summed E-state index contributed by atoms with van der Waals surface area (Å²) in [6.45, 7) is 5.12. The quantitative estimate of drug-likeness (QED) is 0.608. The van der Waals surface area contributed by atoms with E-state index in [1.807, 2.05) is 13.8 Å². The maximum atomic E-state index is 12.1. The van der Waals surface area contributed by atoms with Crippen molar-refractivity contribution in [2.75, 3.05) is 26.8 Å². The number of hydrogen-bond acceptors (Lipinski definition) is 5. The third-order valence-corrected chi connectivity index (χ3v) is 2.92. The van der Waals surface area contributed by atoms with E-state index >= 15 is 0 Å². The second-order valence-corrected chi connectivity index (χ2v) is 4.79. The van der Waals surface area contributed by atoms with Crippen molar-refractivity contribution in [3.05, 3.63) is 23.8 Å². The van der Waals surface area contributed by atoms with Crippen LogP contribution in [-0.4, -0.2) is 44.7 Å². The van der Waals surface area contributed by atoms with Crippen molar-refractivity contribution in [3.8, 4) is 11.5 Å². The molecule has 1 aromatic rings. The van der Waals surface area contributed by atoms with E-state index in [2.05, 4.69) is 10.6 Å². The number of primary amides is 1. The van der Waals surface area contributed by atoms with Crippen LogP contribution in [0.3, 0.4) is 0 Å². The highest BCUT2D eigenvalue weighted by molar-refractivity contribution is 5.94. The van der Waals surface area contributed by atoms with Gasteiger partial charge >= 0.3 is 0 Å². The van der Waals surface area contributed by atoms with Gasteiger partial charge in [-0.2, -0.15) is 0 Å². The van der Waals surface area contributed by atoms with Gasteiger partial charge < -0.3 is 25.8 Å². The summed E-state index contributed by atoms with van der Waals surface area (Å²) in [4.78, 5) is 22.8. The van der Waals surface area contributed by atoms with Gasteiger partial charge in [-0.25, -0.2) is 0 Å². The molecule has 7 nitrogen and oxygen atoms in total. The Morgan fingerprint density at radius 3 is 2.64 bits per heavy atom. The molecular weight excluding hydrogens is 286 g/mol. The van der Waals surface area contributed by atoms with E-state index in [1.54, 1.807) is 18.2 Å². The lowest BCUT2D eigenvalue weighted by Gasteiger charge is -2.14. The first-order valence-corrected chi connectivity index (χ1v) is 7.08. The van der Waals surface area contributed by atoms with Crippen LogP contribution in [0.4, 0.5) is 0 Å². The van der Waals surface area contributed by atoms with Gasteiger partial charge in [0.2, 0.25) is 0 Å². The Balaban J connectivity index is 2.71. The normalized spacial score (nSPS) is 11.6. The number of benzene rings is 1. The third-order valence-electron chi connectivity index (χ3n) is 2.92. The lowest BCUT2D eigenvalue weighted by atomic mass is 10.2. The molecule has 0 unspecified atom stereocenters. The van der Waals surface area contributed by atoms with Gasteiger partial charge in [0.25, 0.3) is 11.8 Å². The van der Waals surface area contributed by atoms with Crippen LogP contribution in [0.5, 0.6) is 11.5 Å². The number of methoxy groups -OCH3 is 1. The highest BCUT2D eigenvalue weighted by atomic mass is 16.5. The molecule has 0 aromatic heterocycles. The average Bonchev–Trinajstić information content (AvgIpc) is 2.50. The highest BCUT2D eigenvalue weighted by Crippen LogP contribution is 2.27. The molecule has 122 valence electrons. The smallest absolute Gasteiger partial charge is 0.255 e.